The summed E-state index contributed by atoms with van der Waals surface area (Å²) < 4.78 is 20.0. The van der Waals surface area contributed by atoms with Crippen LogP contribution in [0.3, 0.4) is 0 Å². The van der Waals surface area contributed by atoms with Crippen LogP contribution in [0.5, 0.6) is 5.75 Å². The van der Waals surface area contributed by atoms with Crippen LogP contribution >= 0.6 is 11.3 Å². The molecule has 0 bridgehead atoms. The van der Waals surface area contributed by atoms with Crippen LogP contribution in [0.25, 0.3) is 21.5 Å². The Labute approximate surface area is 174 Å². The van der Waals surface area contributed by atoms with E-state index in [4.69, 9.17) is 4.74 Å². The zero-order valence-electron chi connectivity index (χ0n) is 16.2. The maximum absolute atomic E-state index is 13.0. The Morgan fingerprint density at radius 2 is 1.87 bits per heavy atom. The number of aromatic nitrogens is 3. The third kappa shape index (κ3) is 3.92. The van der Waals surface area contributed by atoms with E-state index in [1.54, 1.807) is 19.2 Å². The van der Waals surface area contributed by atoms with Gasteiger partial charge >= 0.3 is 0 Å². The van der Waals surface area contributed by atoms with Gasteiger partial charge in [-0.15, -0.1) is 11.3 Å². The topological polar surface area (TPSA) is 86.1 Å². The SMILES string of the molecule is COc1ccc(-c2nn(CC(=O)Nc3ccc(F)cc3)c(=O)c3nc(C)sc23)cc1. The molecule has 1 N–H and O–H groups in total. The zero-order valence-corrected chi connectivity index (χ0v) is 17.0. The molecule has 0 aliphatic heterocycles. The molecule has 2 aromatic heterocycles. The van der Waals surface area contributed by atoms with Crippen LogP contribution in [-0.2, 0) is 11.3 Å². The molecule has 0 aliphatic rings. The first-order chi connectivity index (χ1) is 14.4. The van der Waals surface area contributed by atoms with Crippen molar-refractivity contribution >= 4 is 33.1 Å². The molecular weight excluding hydrogens is 407 g/mol. The zero-order chi connectivity index (χ0) is 21.3. The van der Waals surface area contributed by atoms with Crippen LogP contribution in [0.1, 0.15) is 5.01 Å². The van der Waals surface area contributed by atoms with Gasteiger partial charge in [-0.2, -0.15) is 5.10 Å². The van der Waals surface area contributed by atoms with Gasteiger partial charge in [-0.1, -0.05) is 0 Å². The van der Waals surface area contributed by atoms with E-state index in [1.807, 2.05) is 19.1 Å². The van der Waals surface area contributed by atoms with E-state index < -0.39 is 17.3 Å². The molecule has 0 fully saturated rings. The lowest BCUT2D eigenvalue weighted by Crippen LogP contribution is -2.30. The molecular formula is C21H17FN4O3S. The van der Waals surface area contributed by atoms with Gasteiger partial charge in [0.1, 0.15) is 23.8 Å². The van der Waals surface area contributed by atoms with Crippen LogP contribution < -0.4 is 15.6 Å². The van der Waals surface area contributed by atoms with Crippen molar-refractivity contribution in [1.82, 2.24) is 14.8 Å². The van der Waals surface area contributed by atoms with Gasteiger partial charge in [0.05, 0.1) is 16.8 Å². The molecule has 0 atom stereocenters. The predicted molar refractivity (Wildman–Crippen MR) is 113 cm³/mol. The number of aryl methyl sites for hydroxylation is 1. The highest BCUT2D eigenvalue weighted by molar-refractivity contribution is 7.19. The van der Waals surface area contributed by atoms with Gasteiger partial charge in [0.2, 0.25) is 5.91 Å². The molecule has 1 amide bonds. The summed E-state index contributed by atoms with van der Waals surface area (Å²) in [7, 11) is 1.58. The Bertz CT molecular complexity index is 1280. The van der Waals surface area contributed by atoms with E-state index in [0.717, 1.165) is 15.3 Å². The summed E-state index contributed by atoms with van der Waals surface area (Å²) in [6, 6.07) is 12.6. The molecule has 30 heavy (non-hydrogen) atoms. The molecule has 2 aromatic carbocycles. The lowest BCUT2D eigenvalue weighted by atomic mass is 10.1. The van der Waals surface area contributed by atoms with Gasteiger partial charge in [0.15, 0.2) is 5.52 Å². The minimum absolute atomic E-state index is 0.271. The third-order valence-electron chi connectivity index (χ3n) is 4.39. The van der Waals surface area contributed by atoms with Crippen LogP contribution in [0.4, 0.5) is 10.1 Å². The number of ether oxygens (including phenoxy) is 1. The third-order valence-corrected chi connectivity index (χ3v) is 5.37. The Morgan fingerprint density at radius 1 is 1.17 bits per heavy atom. The van der Waals surface area contributed by atoms with E-state index in [-0.39, 0.29) is 12.1 Å². The highest BCUT2D eigenvalue weighted by Gasteiger charge is 2.18. The summed E-state index contributed by atoms with van der Waals surface area (Å²) in [4.78, 5) is 29.6. The van der Waals surface area contributed by atoms with Crippen LogP contribution in [0.2, 0.25) is 0 Å². The second kappa shape index (κ2) is 8.03. The van der Waals surface area contributed by atoms with E-state index in [1.165, 1.54) is 35.6 Å². The van der Waals surface area contributed by atoms with E-state index in [0.29, 0.717) is 21.8 Å². The first kappa shape index (κ1) is 19.7. The number of nitrogens with one attached hydrogen (secondary N) is 1. The smallest absolute Gasteiger partial charge is 0.294 e. The fourth-order valence-electron chi connectivity index (χ4n) is 2.98. The summed E-state index contributed by atoms with van der Waals surface area (Å²) in [5.74, 6) is -0.162. The largest absolute Gasteiger partial charge is 0.497 e. The number of fused-ring (bicyclic) bond motifs is 1. The number of rotatable bonds is 5. The molecule has 9 heteroatoms. The molecule has 152 valence electrons. The van der Waals surface area contributed by atoms with Crippen molar-refractivity contribution in [2.45, 2.75) is 13.5 Å². The highest BCUT2D eigenvalue weighted by Crippen LogP contribution is 2.30. The van der Waals surface area contributed by atoms with Gasteiger partial charge in [-0.05, 0) is 55.5 Å². The van der Waals surface area contributed by atoms with Gasteiger partial charge in [-0.25, -0.2) is 14.1 Å². The minimum Gasteiger partial charge on any atom is -0.497 e. The molecule has 0 saturated heterocycles. The Hall–Kier alpha value is -3.59. The molecule has 0 unspecified atom stereocenters. The molecule has 7 nitrogen and oxygen atoms in total. The number of anilines is 1. The van der Waals surface area contributed by atoms with Crippen molar-refractivity contribution in [3.63, 3.8) is 0 Å². The number of halogens is 1. The van der Waals surface area contributed by atoms with Crippen molar-refractivity contribution < 1.29 is 13.9 Å². The maximum Gasteiger partial charge on any atom is 0.294 e. The second-order valence-corrected chi connectivity index (χ2v) is 7.71. The first-order valence-corrected chi connectivity index (χ1v) is 9.84. The number of benzene rings is 2. The number of carbonyl (C=O) groups is 1. The fourth-order valence-corrected chi connectivity index (χ4v) is 3.90. The van der Waals surface area contributed by atoms with Gasteiger partial charge in [0, 0.05) is 11.3 Å². The number of carbonyl (C=O) groups excluding carboxylic acids is 1. The first-order valence-electron chi connectivity index (χ1n) is 9.02. The maximum atomic E-state index is 13.0. The average Bonchev–Trinajstić information content (AvgIpc) is 3.14. The quantitative estimate of drug-likeness (QED) is 0.529. The highest BCUT2D eigenvalue weighted by atomic mass is 32.1. The van der Waals surface area contributed by atoms with E-state index in [9.17, 15) is 14.0 Å². The minimum atomic E-state index is -0.455. The van der Waals surface area contributed by atoms with Gasteiger partial charge in [-0.3, -0.25) is 9.59 Å². The molecule has 2 heterocycles. The fraction of sp³-hybridized carbons (Fsp3) is 0.143. The number of amides is 1. The standard InChI is InChI=1S/C21H17FN4O3S/c1-12-23-19-20(30-12)18(13-3-9-16(29-2)10-4-13)25-26(21(19)28)11-17(27)24-15-7-5-14(22)6-8-15/h3-10H,11H2,1-2H3,(H,24,27). The number of hydrogen-bond acceptors (Lipinski definition) is 6. The number of thiazole rings is 1. The summed E-state index contributed by atoms with van der Waals surface area (Å²) in [6.45, 7) is 1.51. The van der Waals surface area contributed by atoms with Crippen LogP contribution in [-0.4, -0.2) is 27.8 Å². The van der Waals surface area contributed by atoms with E-state index in [2.05, 4.69) is 15.4 Å². The molecule has 4 rings (SSSR count). The Balaban J connectivity index is 1.72. The van der Waals surface area contributed by atoms with Crippen molar-refractivity contribution in [2.75, 3.05) is 12.4 Å². The van der Waals surface area contributed by atoms with Crippen molar-refractivity contribution in [1.29, 1.82) is 0 Å². The monoisotopic (exact) mass is 424 g/mol. The summed E-state index contributed by atoms with van der Waals surface area (Å²) in [6.07, 6.45) is 0. The molecule has 0 aliphatic carbocycles. The molecule has 0 saturated carbocycles. The average molecular weight is 424 g/mol. The van der Waals surface area contributed by atoms with Crippen molar-refractivity contribution in [3.05, 3.63) is 69.7 Å². The van der Waals surface area contributed by atoms with E-state index >= 15 is 0 Å². The number of nitrogens with zero attached hydrogens (tertiary/aromatic N) is 3. The molecule has 0 radical (unpaired) electrons. The Morgan fingerprint density at radius 3 is 2.53 bits per heavy atom. The predicted octanol–water partition coefficient (Wildman–Crippen LogP) is 3.61. The lowest BCUT2D eigenvalue weighted by molar-refractivity contribution is -0.117. The second-order valence-electron chi connectivity index (χ2n) is 6.51. The van der Waals surface area contributed by atoms with Crippen LogP contribution in [0, 0.1) is 12.7 Å². The Kier molecular flexibility index (Phi) is 5.28. The number of hydrogen-bond donors (Lipinski definition) is 1. The molecule has 4 aromatic rings. The van der Waals surface area contributed by atoms with Crippen molar-refractivity contribution in [3.8, 4) is 17.0 Å². The van der Waals surface area contributed by atoms with Crippen LogP contribution in [0.15, 0.2) is 53.3 Å². The number of methoxy groups -OCH3 is 1. The summed E-state index contributed by atoms with van der Waals surface area (Å²) >= 11 is 1.38. The summed E-state index contributed by atoms with van der Waals surface area (Å²) in [5.41, 5.74) is 1.59. The summed E-state index contributed by atoms with van der Waals surface area (Å²) in [5, 5.41) is 7.81. The molecule has 0 spiro atoms. The normalized spacial score (nSPS) is 10.9. The van der Waals surface area contributed by atoms with Gasteiger partial charge < -0.3 is 10.1 Å². The van der Waals surface area contributed by atoms with Crippen molar-refractivity contribution in [2.24, 2.45) is 0 Å². The van der Waals surface area contributed by atoms with Gasteiger partial charge in [0.25, 0.3) is 5.56 Å². The lowest BCUT2D eigenvalue weighted by Gasteiger charge is -2.10.